The number of benzene rings is 1. The maximum Gasteiger partial charge on any atom is 0.287 e. The number of carbonyl (C=O) groups is 2. The zero-order valence-electron chi connectivity index (χ0n) is 14.7. The molecule has 27 heavy (non-hydrogen) atoms. The molecule has 0 spiro atoms. The minimum atomic E-state index is -0.602. The van der Waals surface area contributed by atoms with Gasteiger partial charge in [-0.2, -0.15) is 0 Å². The molecule has 0 radical (unpaired) electrons. The number of aromatic nitrogens is 1. The van der Waals surface area contributed by atoms with Gasteiger partial charge in [0.05, 0.1) is 16.9 Å². The summed E-state index contributed by atoms with van der Waals surface area (Å²) in [6, 6.07) is 8.39. The third kappa shape index (κ3) is 3.17. The van der Waals surface area contributed by atoms with Crippen LogP contribution in [-0.4, -0.2) is 29.4 Å². The average molecular weight is 384 g/mol. The molecule has 2 amide bonds. The number of aryl methyl sites for hydroxylation is 1. The number of anilines is 1. The van der Waals surface area contributed by atoms with Crippen molar-refractivity contribution in [2.75, 3.05) is 11.4 Å². The highest BCUT2D eigenvalue weighted by Gasteiger charge is 2.32. The quantitative estimate of drug-likeness (QED) is 0.748. The Hall–Kier alpha value is -2.86. The normalized spacial score (nSPS) is 17.3. The molecule has 1 atom stereocenters. The molecule has 3 aromatic rings. The molecule has 1 aromatic carbocycles. The van der Waals surface area contributed by atoms with Crippen LogP contribution in [-0.2, 0) is 4.79 Å². The second kappa shape index (κ2) is 7.04. The van der Waals surface area contributed by atoms with Crippen LogP contribution >= 0.6 is 11.6 Å². The van der Waals surface area contributed by atoms with Gasteiger partial charge in [-0.15, -0.1) is 0 Å². The zero-order valence-corrected chi connectivity index (χ0v) is 15.5. The molecule has 6 nitrogen and oxygen atoms in total. The number of nitrogens with zero attached hydrogens (tertiary/aromatic N) is 2. The lowest BCUT2D eigenvalue weighted by Gasteiger charge is -2.32. The molecule has 2 aromatic heterocycles. The summed E-state index contributed by atoms with van der Waals surface area (Å²) in [5, 5.41) is 4.06. The summed E-state index contributed by atoms with van der Waals surface area (Å²) in [4.78, 5) is 31.3. The van der Waals surface area contributed by atoms with Crippen molar-refractivity contribution in [3.63, 3.8) is 0 Å². The van der Waals surface area contributed by atoms with Gasteiger partial charge in [-0.3, -0.25) is 14.6 Å². The number of hydrogen-bond donors (Lipinski definition) is 1. The smallest absolute Gasteiger partial charge is 0.287 e. The number of nitrogens with one attached hydrogen (secondary N) is 1. The van der Waals surface area contributed by atoms with Crippen molar-refractivity contribution < 1.29 is 14.0 Å². The van der Waals surface area contributed by atoms with Gasteiger partial charge in [0.25, 0.3) is 5.91 Å². The molecule has 1 unspecified atom stereocenters. The van der Waals surface area contributed by atoms with Crippen LogP contribution in [0.4, 0.5) is 5.69 Å². The number of fused-ring (bicyclic) bond motifs is 1. The second-order valence-electron chi connectivity index (χ2n) is 6.54. The molecular formula is C20H18ClN3O3. The minimum absolute atomic E-state index is 0.144. The standard InChI is InChI=1S/C20H18ClN3O3/c1-12-14-6-2-7-15(21)18(14)27-17(12)19(25)23-16-8-4-10-24(20(16)26)13-5-3-9-22-11-13/h2-3,5-7,9,11,16H,4,8,10H2,1H3,(H,23,25). The predicted octanol–water partition coefficient (Wildman–Crippen LogP) is 3.72. The molecule has 1 fully saturated rings. The first-order valence-electron chi connectivity index (χ1n) is 8.76. The molecule has 7 heteroatoms. The second-order valence-corrected chi connectivity index (χ2v) is 6.95. The van der Waals surface area contributed by atoms with E-state index in [0.717, 1.165) is 17.5 Å². The van der Waals surface area contributed by atoms with Crippen LogP contribution in [0, 0.1) is 6.92 Å². The van der Waals surface area contributed by atoms with Crippen molar-refractivity contribution in [1.82, 2.24) is 10.3 Å². The van der Waals surface area contributed by atoms with Gasteiger partial charge in [-0.1, -0.05) is 23.7 Å². The Labute approximate surface area is 161 Å². The Morgan fingerprint density at radius 1 is 1.33 bits per heavy atom. The number of carbonyl (C=O) groups excluding carboxylic acids is 2. The molecule has 1 saturated heterocycles. The van der Waals surface area contributed by atoms with Crippen molar-refractivity contribution in [3.8, 4) is 0 Å². The largest absolute Gasteiger partial charge is 0.449 e. The fraction of sp³-hybridized carbons (Fsp3) is 0.250. The summed E-state index contributed by atoms with van der Waals surface area (Å²) >= 11 is 6.16. The maximum absolute atomic E-state index is 12.8. The molecule has 1 N–H and O–H groups in total. The fourth-order valence-electron chi connectivity index (χ4n) is 3.43. The first kappa shape index (κ1) is 17.5. The molecule has 0 aliphatic carbocycles. The predicted molar refractivity (Wildman–Crippen MR) is 103 cm³/mol. The number of para-hydroxylation sites is 1. The Morgan fingerprint density at radius 2 is 2.19 bits per heavy atom. The van der Waals surface area contributed by atoms with Gasteiger partial charge < -0.3 is 14.6 Å². The number of hydrogen-bond acceptors (Lipinski definition) is 4. The Bertz CT molecular complexity index is 1020. The van der Waals surface area contributed by atoms with E-state index in [1.165, 1.54) is 0 Å². The maximum atomic E-state index is 12.8. The summed E-state index contributed by atoms with van der Waals surface area (Å²) in [5.74, 6) is -0.370. The zero-order chi connectivity index (χ0) is 19.0. The van der Waals surface area contributed by atoms with E-state index in [2.05, 4.69) is 10.3 Å². The van der Waals surface area contributed by atoms with Crippen molar-refractivity contribution in [2.24, 2.45) is 0 Å². The van der Waals surface area contributed by atoms with Crippen LogP contribution in [0.1, 0.15) is 29.0 Å². The van der Waals surface area contributed by atoms with E-state index in [-0.39, 0.29) is 11.7 Å². The minimum Gasteiger partial charge on any atom is -0.449 e. The van der Waals surface area contributed by atoms with E-state index >= 15 is 0 Å². The highest BCUT2D eigenvalue weighted by molar-refractivity contribution is 6.35. The van der Waals surface area contributed by atoms with E-state index in [4.69, 9.17) is 16.0 Å². The van der Waals surface area contributed by atoms with Crippen molar-refractivity contribution in [3.05, 3.63) is 59.1 Å². The Morgan fingerprint density at radius 3 is 2.93 bits per heavy atom. The third-order valence-corrected chi connectivity index (χ3v) is 5.12. The molecule has 138 valence electrons. The fourth-order valence-corrected chi connectivity index (χ4v) is 3.64. The summed E-state index contributed by atoms with van der Waals surface area (Å²) in [7, 11) is 0. The van der Waals surface area contributed by atoms with Crippen molar-refractivity contribution >= 4 is 40.1 Å². The SMILES string of the molecule is Cc1c(C(=O)NC2CCCN(c3cccnc3)C2=O)oc2c(Cl)cccc12. The number of pyridine rings is 1. The first-order chi connectivity index (χ1) is 13.1. The average Bonchev–Trinajstić information content (AvgIpc) is 3.02. The molecule has 0 saturated carbocycles. The number of piperidine rings is 1. The number of furan rings is 1. The van der Waals surface area contributed by atoms with Gasteiger partial charge in [0.1, 0.15) is 6.04 Å². The van der Waals surface area contributed by atoms with Crippen LogP contribution in [0.5, 0.6) is 0 Å². The number of amides is 2. The van der Waals surface area contributed by atoms with Crippen molar-refractivity contribution in [2.45, 2.75) is 25.8 Å². The molecule has 4 rings (SSSR count). The first-order valence-corrected chi connectivity index (χ1v) is 9.14. The highest BCUT2D eigenvalue weighted by Crippen LogP contribution is 2.31. The summed E-state index contributed by atoms with van der Waals surface area (Å²) in [6.07, 6.45) is 4.68. The van der Waals surface area contributed by atoms with Gasteiger partial charge in [0.15, 0.2) is 11.3 Å². The van der Waals surface area contributed by atoms with Crippen LogP contribution in [0.25, 0.3) is 11.0 Å². The third-order valence-electron chi connectivity index (χ3n) is 4.82. The van der Waals surface area contributed by atoms with Gasteiger partial charge in [-0.25, -0.2) is 0 Å². The van der Waals surface area contributed by atoms with E-state index < -0.39 is 11.9 Å². The molecular weight excluding hydrogens is 366 g/mol. The highest BCUT2D eigenvalue weighted by atomic mass is 35.5. The molecule has 1 aliphatic rings. The summed E-state index contributed by atoms with van der Waals surface area (Å²) < 4.78 is 5.70. The molecule has 3 heterocycles. The topological polar surface area (TPSA) is 75.4 Å². The van der Waals surface area contributed by atoms with Gasteiger partial charge >= 0.3 is 0 Å². The van der Waals surface area contributed by atoms with Crippen LogP contribution in [0.2, 0.25) is 5.02 Å². The van der Waals surface area contributed by atoms with Crippen molar-refractivity contribution in [1.29, 1.82) is 0 Å². The van der Waals surface area contributed by atoms with E-state index in [1.807, 2.05) is 25.1 Å². The lowest BCUT2D eigenvalue weighted by atomic mass is 10.0. The number of halogens is 1. The van der Waals surface area contributed by atoms with E-state index in [1.54, 1.807) is 29.4 Å². The lowest BCUT2D eigenvalue weighted by molar-refractivity contribution is -0.121. The van der Waals surface area contributed by atoms with Crippen LogP contribution in [0.3, 0.4) is 0 Å². The van der Waals surface area contributed by atoms with Crippen LogP contribution in [0.15, 0.2) is 47.1 Å². The Balaban J connectivity index is 1.57. The van der Waals surface area contributed by atoms with E-state index in [9.17, 15) is 9.59 Å². The lowest BCUT2D eigenvalue weighted by Crippen LogP contribution is -2.52. The monoisotopic (exact) mass is 383 g/mol. The molecule has 0 bridgehead atoms. The van der Waals surface area contributed by atoms with Gasteiger partial charge in [-0.05, 0) is 38.0 Å². The summed E-state index contributed by atoms with van der Waals surface area (Å²) in [5.41, 5.74) is 1.92. The van der Waals surface area contributed by atoms with Crippen LogP contribution < -0.4 is 10.2 Å². The Kier molecular flexibility index (Phi) is 4.58. The molecule has 1 aliphatic heterocycles. The van der Waals surface area contributed by atoms with E-state index in [0.29, 0.717) is 29.1 Å². The van der Waals surface area contributed by atoms with Gasteiger partial charge in [0, 0.05) is 23.7 Å². The van der Waals surface area contributed by atoms with Gasteiger partial charge in [0.2, 0.25) is 5.91 Å². The number of rotatable bonds is 3. The summed E-state index contributed by atoms with van der Waals surface area (Å²) in [6.45, 7) is 2.41.